The first-order valence-electron chi connectivity index (χ1n) is 8.00. The number of para-hydroxylation sites is 1. The van der Waals surface area contributed by atoms with E-state index >= 15 is 0 Å². The van der Waals surface area contributed by atoms with Gasteiger partial charge >= 0.3 is 0 Å². The number of halogens is 1. The molecule has 5 heteroatoms. The molecule has 1 N–H and O–H groups in total. The smallest absolute Gasteiger partial charge is 0.234 e. The summed E-state index contributed by atoms with van der Waals surface area (Å²) in [5.74, 6) is -0.0414. The molecule has 0 aliphatic heterocycles. The minimum atomic E-state index is -0.168. The molecule has 0 aromatic heterocycles. The van der Waals surface area contributed by atoms with Gasteiger partial charge in [0.05, 0.1) is 11.4 Å². The van der Waals surface area contributed by atoms with E-state index in [1.165, 1.54) is 11.8 Å². The number of hydrogen-bond donors (Lipinski definition) is 1. The summed E-state index contributed by atoms with van der Waals surface area (Å²) in [7, 11) is 0. The van der Waals surface area contributed by atoms with E-state index in [0.29, 0.717) is 21.8 Å². The summed E-state index contributed by atoms with van der Waals surface area (Å²) >= 11 is 7.27. The zero-order valence-corrected chi connectivity index (χ0v) is 15.4. The number of hydrogen-bond acceptors (Lipinski definition) is 3. The van der Waals surface area contributed by atoms with Crippen LogP contribution in [0.2, 0.25) is 5.02 Å². The predicted molar refractivity (Wildman–Crippen MR) is 107 cm³/mol. The lowest BCUT2D eigenvalue weighted by atomic mass is 10.0. The minimum Gasteiger partial charge on any atom is -0.325 e. The number of amides is 1. The van der Waals surface area contributed by atoms with Crippen LogP contribution in [0.15, 0.2) is 83.8 Å². The number of carbonyl (C=O) groups is 2. The van der Waals surface area contributed by atoms with E-state index in [4.69, 9.17) is 11.6 Å². The van der Waals surface area contributed by atoms with Gasteiger partial charge in [-0.2, -0.15) is 0 Å². The fourth-order valence-electron chi connectivity index (χ4n) is 2.40. The maximum absolute atomic E-state index is 12.7. The van der Waals surface area contributed by atoms with E-state index in [1.54, 1.807) is 48.5 Å². The number of nitrogens with one attached hydrogen (secondary N) is 1. The Balaban J connectivity index is 1.69. The van der Waals surface area contributed by atoms with Crippen molar-refractivity contribution in [1.82, 2.24) is 0 Å². The summed E-state index contributed by atoms with van der Waals surface area (Å²) in [6.07, 6.45) is 0. The Morgan fingerprint density at radius 3 is 2.23 bits per heavy atom. The minimum absolute atomic E-state index is 0.119. The Morgan fingerprint density at radius 1 is 0.846 bits per heavy atom. The summed E-state index contributed by atoms with van der Waals surface area (Å²) in [5, 5.41) is 3.50. The van der Waals surface area contributed by atoms with Gasteiger partial charge in [-0.05, 0) is 36.4 Å². The maximum Gasteiger partial charge on any atom is 0.234 e. The van der Waals surface area contributed by atoms with Gasteiger partial charge in [-0.15, -0.1) is 11.8 Å². The first-order valence-corrected chi connectivity index (χ1v) is 9.37. The number of rotatable bonds is 6. The molecule has 3 aromatic carbocycles. The summed E-state index contributed by atoms with van der Waals surface area (Å²) in [5.41, 5.74) is 1.58. The molecular weight excluding hydrogens is 366 g/mol. The first-order chi connectivity index (χ1) is 12.6. The van der Waals surface area contributed by atoms with Crippen molar-refractivity contribution in [1.29, 1.82) is 0 Å². The van der Waals surface area contributed by atoms with Gasteiger partial charge in [0.15, 0.2) is 5.78 Å². The molecule has 26 heavy (non-hydrogen) atoms. The molecular formula is C21H16ClNO2S. The van der Waals surface area contributed by atoms with Crippen LogP contribution in [-0.2, 0) is 4.79 Å². The van der Waals surface area contributed by atoms with Crippen LogP contribution < -0.4 is 5.32 Å². The highest BCUT2D eigenvalue weighted by atomic mass is 35.5. The molecule has 3 rings (SSSR count). The van der Waals surface area contributed by atoms with E-state index < -0.39 is 0 Å². The van der Waals surface area contributed by atoms with Crippen LogP contribution in [0, 0.1) is 0 Å². The summed E-state index contributed by atoms with van der Waals surface area (Å²) in [6, 6.07) is 23.4. The molecule has 0 aliphatic rings. The Kier molecular flexibility index (Phi) is 6.10. The van der Waals surface area contributed by atoms with Crippen LogP contribution in [0.25, 0.3) is 0 Å². The average Bonchev–Trinajstić information content (AvgIpc) is 2.68. The molecule has 0 spiro atoms. The highest BCUT2D eigenvalue weighted by Crippen LogP contribution is 2.22. The Morgan fingerprint density at radius 2 is 1.50 bits per heavy atom. The van der Waals surface area contributed by atoms with Crippen molar-refractivity contribution in [3.8, 4) is 0 Å². The second-order valence-electron chi connectivity index (χ2n) is 5.53. The summed E-state index contributed by atoms with van der Waals surface area (Å²) < 4.78 is 0. The predicted octanol–water partition coefficient (Wildman–Crippen LogP) is 5.30. The normalized spacial score (nSPS) is 10.3. The zero-order chi connectivity index (χ0) is 18.4. The van der Waals surface area contributed by atoms with Crippen molar-refractivity contribution < 1.29 is 9.59 Å². The van der Waals surface area contributed by atoms with Crippen LogP contribution >= 0.6 is 23.4 Å². The molecule has 0 saturated carbocycles. The van der Waals surface area contributed by atoms with E-state index in [0.717, 1.165) is 4.90 Å². The molecule has 0 unspecified atom stereocenters. The number of benzene rings is 3. The molecule has 0 fully saturated rings. The van der Waals surface area contributed by atoms with Crippen LogP contribution in [-0.4, -0.2) is 17.4 Å². The third-order valence-corrected chi connectivity index (χ3v) is 4.93. The van der Waals surface area contributed by atoms with E-state index in [9.17, 15) is 9.59 Å². The van der Waals surface area contributed by atoms with Crippen LogP contribution in [0.4, 0.5) is 5.69 Å². The maximum atomic E-state index is 12.7. The second kappa shape index (κ2) is 8.70. The average molecular weight is 382 g/mol. The number of anilines is 1. The number of carbonyl (C=O) groups excluding carboxylic acids is 2. The molecule has 0 saturated heterocycles. The van der Waals surface area contributed by atoms with Crippen LogP contribution in [0.3, 0.4) is 0 Å². The molecule has 0 radical (unpaired) electrons. The van der Waals surface area contributed by atoms with Crippen molar-refractivity contribution in [3.05, 3.63) is 95.0 Å². The van der Waals surface area contributed by atoms with Crippen molar-refractivity contribution in [3.63, 3.8) is 0 Å². The lowest BCUT2D eigenvalue weighted by Gasteiger charge is -2.10. The first kappa shape index (κ1) is 18.2. The van der Waals surface area contributed by atoms with Gasteiger partial charge in [-0.1, -0.05) is 54.1 Å². The fourth-order valence-corrected chi connectivity index (χ4v) is 3.23. The van der Waals surface area contributed by atoms with Crippen molar-refractivity contribution >= 4 is 40.7 Å². The Hall–Kier alpha value is -2.56. The topological polar surface area (TPSA) is 46.2 Å². The van der Waals surface area contributed by atoms with E-state index in [1.807, 2.05) is 30.3 Å². The summed E-state index contributed by atoms with van der Waals surface area (Å²) in [6.45, 7) is 0. The SMILES string of the molecule is O=C(CSc1ccc(Cl)cc1)Nc1ccccc1C(=O)c1ccccc1. The molecule has 130 valence electrons. The zero-order valence-electron chi connectivity index (χ0n) is 13.8. The van der Waals surface area contributed by atoms with Gasteiger partial charge in [0.25, 0.3) is 0 Å². The fraction of sp³-hybridized carbons (Fsp3) is 0.0476. The Bertz CT molecular complexity index is 911. The highest BCUT2D eigenvalue weighted by Gasteiger charge is 2.14. The third kappa shape index (κ3) is 4.75. The van der Waals surface area contributed by atoms with Crippen molar-refractivity contribution in [2.24, 2.45) is 0 Å². The van der Waals surface area contributed by atoms with Gasteiger partial charge in [-0.3, -0.25) is 9.59 Å². The second-order valence-corrected chi connectivity index (χ2v) is 7.02. The number of thioether (sulfide) groups is 1. The lowest BCUT2D eigenvalue weighted by Crippen LogP contribution is -2.16. The van der Waals surface area contributed by atoms with Crippen molar-refractivity contribution in [2.75, 3.05) is 11.1 Å². The van der Waals surface area contributed by atoms with Gasteiger partial charge in [0, 0.05) is 21.0 Å². The molecule has 0 heterocycles. The van der Waals surface area contributed by atoms with Crippen LogP contribution in [0.5, 0.6) is 0 Å². The van der Waals surface area contributed by atoms with Gasteiger partial charge in [0.1, 0.15) is 0 Å². The highest BCUT2D eigenvalue weighted by molar-refractivity contribution is 8.00. The quantitative estimate of drug-likeness (QED) is 0.465. The molecule has 0 bridgehead atoms. The molecule has 0 atom stereocenters. The van der Waals surface area contributed by atoms with Crippen LogP contribution in [0.1, 0.15) is 15.9 Å². The van der Waals surface area contributed by atoms with Gasteiger partial charge < -0.3 is 5.32 Å². The summed E-state index contributed by atoms with van der Waals surface area (Å²) in [4.78, 5) is 25.9. The molecule has 3 aromatic rings. The molecule has 0 aliphatic carbocycles. The Labute approximate surface area is 161 Å². The van der Waals surface area contributed by atoms with E-state index in [-0.39, 0.29) is 17.4 Å². The molecule has 3 nitrogen and oxygen atoms in total. The monoisotopic (exact) mass is 381 g/mol. The standard InChI is InChI=1S/C21H16ClNO2S/c22-16-10-12-17(13-11-16)26-14-20(24)23-19-9-5-4-8-18(19)21(25)15-6-2-1-3-7-15/h1-13H,14H2,(H,23,24). The van der Waals surface area contributed by atoms with Gasteiger partial charge in [0.2, 0.25) is 5.91 Å². The lowest BCUT2D eigenvalue weighted by molar-refractivity contribution is -0.113. The van der Waals surface area contributed by atoms with Crippen molar-refractivity contribution in [2.45, 2.75) is 4.90 Å². The number of ketones is 1. The molecule has 1 amide bonds. The van der Waals surface area contributed by atoms with E-state index in [2.05, 4.69) is 5.32 Å². The largest absolute Gasteiger partial charge is 0.325 e. The third-order valence-electron chi connectivity index (χ3n) is 3.67. The van der Waals surface area contributed by atoms with Gasteiger partial charge in [-0.25, -0.2) is 0 Å².